The number of nitrogens with zero attached hydrogens (tertiary/aromatic N) is 1. The summed E-state index contributed by atoms with van der Waals surface area (Å²) in [6.45, 7) is 4.31. The Balaban J connectivity index is 2.03. The largest absolute Gasteiger partial charge is 0.464 e. The lowest BCUT2D eigenvalue weighted by Crippen LogP contribution is -2.41. The summed E-state index contributed by atoms with van der Waals surface area (Å²) in [4.78, 5) is 14.4. The topological polar surface area (TPSA) is 29.5 Å². The van der Waals surface area contributed by atoms with Gasteiger partial charge in [-0.15, -0.1) is 0 Å². The highest BCUT2D eigenvalue weighted by molar-refractivity contribution is 7.98. The van der Waals surface area contributed by atoms with Crippen LogP contribution in [0.4, 0.5) is 5.69 Å². The van der Waals surface area contributed by atoms with Gasteiger partial charge in [0.2, 0.25) is 0 Å². The number of carbonyl (C=O) groups is 1. The molecule has 0 aliphatic rings. The number of thioether (sulfide) groups is 1. The van der Waals surface area contributed by atoms with Crippen LogP contribution in [0.1, 0.15) is 18.1 Å². The first-order valence-electron chi connectivity index (χ1n) is 8.19. The van der Waals surface area contributed by atoms with Crippen LogP contribution in [-0.4, -0.2) is 31.4 Å². The zero-order valence-corrected chi connectivity index (χ0v) is 15.4. The number of carbonyl (C=O) groups excluding carboxylic acids is 1. The monoisotopic (exact) mass is 343 g/mol. The van der Waals surface area contributed by atoms with Crippen LogP contribution in [0.3, 0.4) is 0 Å². The highest BCUT2D eigenvalue weighted by Crippen LogP contribution is 2.21. The maximum absolute atomic E-state index is 12.4. The molecule has 1 atom stereocenters. The number of hydrogen-bond acceptors (Lipinski definition) is 4. The Morgan fingerprint density at radius 3 is 2.42 bits per heavy atom. The van der Waals surface area contributed by atoms with E-state index in [1.54, 1.807) is 11.8 Å². The highest BCUT2D eigenvalue weighted by atomic mass is 32.2. The predicted molar refractivity (Wildman–Crippen MR) is 103 cm³/mol. The van der Waals surface area contributed by atoms with Crippen LogP contribution in [0.2, 0.25) is 0 Å². The molecule has 0 heterocycles. The fraction of sp³-hybridized carbons (Fsp3) is 0.350. The van der Waals surface area contributed by atoms with Crippen molar-refractivity contribution in [2.45, 2.75) is 25.6 Å². The molecule has 128 valence electrons. The van der Waals surface area contributed by atoms with Crippen molar-refractivity contribution in [1.82, 2.24) is 0 Å². The highest BCUT2D eigenvalue weighted by Gasteiger charge is 2.25. The van der Waals surface area contributed by atoms with E-state index in [0.29, 0.717) is 12.4 Å². The molecule has 0 N–H and O–H groups in total. The van der Waals surface area contributed by atoms with Gasteiger partial charge in [-0.2, -0.15) is 11.8 Å². The molecule has 0 aliphatic carbocycles. The maximum Gasteiger partial charge on any atom is 0.329 e. The molecule has 0 fully saturated rings. The molecule has 4 heteroatoms. The molecular weight excluding hydrogens is 318 g/mol. The summed E-state index contributed by atoms with van der Waals surface area (Å²) in [5, 5.41) is 0. The van der Waals surface area contributed by atoms with Crippen LogP contribution in [0.15, 0.2) is 54.6 Å². The van der Waals surface area contributed by atoms with Gasteiger partial charge in [0.1, 0.15) is 6.04 Å². The third kappa shape index (κ3) is 5.31. The maximum atomic E-state index is 12.4. The van der Waals surface area contributed by atoms with Crippen molar-refractivity contribution < 1.29 is 9.53 Å². The molecule has 0 aliphatic heterocycles. The van der Waals surface area contributed by atoms with Gasteiger partial charge in [0, 0.05) is 24.2 Å². The number of anilines is 1. The van der Waals surface area contributed by atoms with Crippen LogP contribution < -0.4 is 4.90 Å². The van der Waals surface area contributed by atoms with E-state index in [4.69, 9.17) is 4.74 Å². The van der Waals surface area contributed by atoms with Crippen molar-refractivity contribution in [3.63, 3.8) is 0 Å². The summed E-state index contributed by atoms with van der Waals surface area (Å²) < 4.78 is 5.28. The van der Waals surface area contributed by atoms with Crippen molar-refractivity contribution in [3.05, 3.63) is 65.7 Å². The number of benzene rings is 2. The van der Waals surface area contributed by atoms with Crippen molar-refractivity contribution >= 4 is 23.4 Å². The van der Waals surface area contributed by atoms with Gasteiger partial charge in [0.05, 0.1) is 6.61 Å². The van der Waals surface area contributed by atoms with Crippen LogP contribution in [0.5, 0.6) is 0 Å². The molecule has 24 heavy (non-hydrogen) atoms. The van der Waals surface area contributed by atoms with E-state index in [1.807, 2.05) is 49.2 Å². The molecule has 3 nitrogen and oxygen atoms in total. The first kappa shape index (κ1) is 18.4. The van der Waals surface area contributed by atoms with E-state index in [2.05, 4.69) is 31.2 Å². The number of ether oxygens (including phenoxy) is 1. The normalized spacial score (nSPS) is 11.8. The Morgan fingerprint density at radius 2 is 1.79 bits per heavy atom. The average Bonchev–Trinajstić information content (AvgIpc) is 2.60. The average molecular weight is 343 g/mol. The molecule has 0 aromatic heterocycles. The van der Waals surface area contributed by atoms with Gasteiger partial charge in [-0.25, -0.2) is 4.79 Å². The molecule has 2 rings (SSSR count). The minimum absolute atomic E-state index is 0.166. The summed E-state index contributed by atoms with van der Waals surface area (Å²) >= 11 is 1.75. The van der Waals surface area contributed by atoms with Crippen molar-refractivity contribution in [3.8, 4) is 0 Å². The van der Waals surface area contributed by atoms with Crippen LogP contribution in [-0.2, 0) is 15.3 Å². The second-order valence-corrected chi connectivity index (χ2v) is 6.75. The van der Waals surface area contributed by atoms with Gasteiger partial charge in [0.15, 0.2) is 0 Å². The van der Waals surface area contributed by atoms with Crippen molar-refractivity contribution in [2.75, 3.05) is 24.3 Å². The van der Waals surface area contributed by atoms with E-state index in [9.17, 15) is 4.79 Å². The SMILES string of the molecule is CCOC(=O)[C@H](CSCc1ccccc1)N(C)c1ccc(C)cc1. The number of hydrogen-bond donors (Lipinski definition) is 0. The second-order valence-electron chi connectivity index (χ2n) is 5.72. The Kier molecular flexibility index (Phi) is 7.19. The van der Waals surface area contributed by atoms with E-state index in [0.717, 1.165) is 11.4 Å². The number of rotatable bonds is 8. The summed E-state index contributed by atoms with van der Waals surface area (Å²) in [7, 11) is 1.95. The Labute approximate surface area is 149 Å². The van der Waals surface area contributed by atoms with Crippen molar-refractivity contribution in [2.24, 2.45) is 0 Å². The quantitative estimate of drug-likeness (QED) is 0.669. The molecule has 0 saturated heterocycles. The fourth-order valence-corrected chi connectivity index (χ4v) is 3.53. The minimum Gasteiger partial charge on any atom is -0.464 e. The molecule has 2 aromatic carbocycles. The summed E-state index contributed by atoms with van der Waals surface area (Å²) in [6, 6.07) is 18.2. The van der Waals surface area contributed by atoms with Crippen LogP contribution in [0.25, 0.3) is 0 Å². The van der Waals surface area contributed by atoms with E-state index in [1.165, 1.54) is 11.1 Å². The Morgan fingerprint density at radius 1 is 1.12 bits per heavy atom. The molecule has 0 amide bonds. The van der Waals surface area contributed by atoms with E-state index in [-0.39, 0.29) is 12.0 Å². The number of likely N-dealkylation sites (N-methyl/N-ethyl adjacent to an activating group) is 1. The van der Waals surface area contributed by atoms with E-state index < -0.39 is 0 Å². The first-order chi connectivity index (χ1) is 11.6. The predicted octanol–water partition coefficient (Wildman–Crippen LogP) is 4.30. The van der Waals surface area contributed by atoms with Crippen LogP contribution >= 0.6 is 11.8 Å². The van der Waals surface area contributed by atoms with Gasteiger partial charge < -0.3 is 9.64 Å². The van der Waals surface area contributed by atoms with Gasteiger partial charge in [0.25, 0.3) is 0 Å². The zero-order valence-electron chi connectivity index (χ0n) is 14.6. The second kappa shape index (κ2) is 9.38. The van der Waals surface area contributed by atoms with Gasteiger partial charge in [-0.1, -0.05) is 48.0 Å². The summed E-state index contributed by atoms with van der Waals surface area (Å²) in [5.41, 5.74) is 3.50. The van der Waals surface area contributed by atoms with Gasteiger partial charge in [-0.05, 0) is 31.5 Å². The summed E-state index contributed by atoms with van der Waals surface area (Å²) in [6.07, 6.45) is 0. The Bertz CT molecular complexity index is 628. The molecule has 0 spiro atoms. The Hall–Kier alpha value is -1.94. The van der Waals surface area contributed by atoms with Crippen LogP contribution in [0, 0.1) is 6.92 Å². The third-order valence-corrected chi connectivity index (χ3v) is 4.94. The standard InChI is InChI=1S/C20H25NO2S/c1-4-23-20(22)19(15-24-14-17-8-6-5-7-9-17)21(3)18-12-10-16(2)11-13-18/h5-13,19H,4,14-15H2,1-3H3/t19-/m0/s1. The lowest BCUT2D eigenvalue weighted by molar-refractivity contribution is -0.144. The first-order valence-corrected chi connectivity index (χ1v) is 9.35. The molecule has 0 unspecified atom stereocenters. The summed E-state index contributed by atoms with van der Waals surface area (Å²) in [5.74, 6) is 1.41. The zero-order chi connectivity index (χ0) is 17.4. The molecule has 0 saturated carbocycles. The lowest BCUT2D eigenvalue weighted by Gasteiger charge is -2.28. The smallest absolute Gasteiger partial charge is 0.329 e. The molecule has 0 radical (unpaired) electrons. The number of esters is 1. The third-order valence-electron chi connectivity index (χ3n) is 3.85. The number of aryl methyl sites for hydroxylation is 1. The fourth-order valence-electron chi connectivity index (χ4n) is 2.40. The van der Waals surface area contributed by atoms with Crippen molar-refractivity contribution in [1.29, 1.82) is 0 Å². The molecule has 0 bridgehead atoms. The molecular formula is C20H25NO2S. The molecule has 2 aromatic rings. The van der Waals surface area contributed by atoms with E-state index >= 15 is 0 Å². The van der Waals surface area contributed by atoms with Gasteiger partial charge in [-0.3, -0.25) is 0 Å². The van der Waals surface area contributed by atoms with Gasteiger partial charge >= 0.3 is 5.97 Å². The minimum atomic E-state index is -0.290. The lowest BCUT2D eigenvalue weighted by atomic mass is 10.2.